The van der Waals surface area contributed by atoms with Crippen LogP contribution in [-0.2, 0) is 17.8 Å². The van der Waals surface area contributed by atoms with Crippen molar-refractivity contribution in [3.05, 3.63) is 87.6 Å². The first-order chi connectivity index (χ1) is 15.2. The van der Waals surface area contributed by atoms with Crippen LogP contribution in [0.25, 0.3) is 0 Å². The third-order valence-electron chi connectivity index (χ3n) is 5.18. The molecule has 2 N–H and O–H groups in total. The van der Waals surface area contributed by atoms with Crippen molar-refractivity contribution in [3.8, 4) is 0 Å². The summed E-state index contributed by atoms with van der Waals surface area (Å²) in [6.07, 6.45) is 0. The van der Waals surface area contributed by atoms with Crippen molar-refractivity contribution in [2.24, 2.45) is 0 Å². The molecule has 0 spiro atoms. The van der Waals surface area contributed by atoms with Crippen LogP contribution >= 0.6 is 11.3 Å². The number of ether oxygens (including phenoxy) is 1. The molecule has 1 fully saturated rings. The summed E-state index contributed by atoms with van der Waals surface area (Å²) in [5, 5.41) is 7.81. The van der Waals surface area contributed by atoms with Crippen LogP contribution in [0.2, 0.25) is 0 Å². The largest absolute Gasteiger partial charge is 0.379 e. The first-order valence-electron chi connectivity index (χ1n) is 10.3. The van der Waals surface area contributed by atoms with E-state index in [1.807, 2.05) is 47.8 Å². The molecule has 2 aromatic carbocycles. The second kappa shape index (κ2) is 10.3. The number of carbonyl (C=O) groups excluding carboxylic acids is 2. The Bertz CT molecular complexity index is 1010. The number of nitrogens with one attached hydrogen (secondary N) is 2. The Kier molecular flexibility index (Phi) is 7.09. The van der Waals surface area contributed by atoms with Gasteiger partial charge >= 0.3 is 0 Å². The molecule has 0 radical (unpaired) electrons. The fourth-order valence-corrected chi connectivity index (χ4v) is 4.07. The zero-order valence-electron chi connectivity index (χ0n) is 17.2. The molecule has 31 heavy (non-hydrogen) atoms. The van der Waals surface area contributed by atoms with Gasteiger partial charge in [-0.15, -0.1) is 11.3 Å². The van der Waals surface area contributed by atoms with Crippen molar-refractivity contribution in [1.29, 1.82) is 0 Å². The van der Waals surface area contributed by atoms with Crippen LogP contribution in [0.1, 0.15) is 31.2 Å². The van der Waals surface area contributed by atoms with Crippen molar-refractivity contribution < 1.29 is 14.3 Å². The number of thiophene rings is 1. The zero-order valence-corrected chi connectivity index (χ0v) is 18.0. The summed E-state index contributed by atoms with van der Waals surface area (Å²) in [4.78, 5) is 27.8. The molecular formula is C24H25N3O3S. The molecule has 4 rings (SSSR count). The second-order valence-electron chi connectivity index (χ2n) is 7.36. The molecule has 7 heteroatoms. The van der Waals surface area contributed by atoms with Crippen LogP contribution in [0.4, 0.5) is 5.69 Å². The van der Waals surface area contributed by atoms with Gasteiger partial charge in [0.1, 0.15) is 0 Å². The lowest BCUT2D eigenvalue weighted by Crippen LogP contribution is -2.35. The molecule has 1 aromatic heterocycles. The van der Waals surface area contributed by atoms with E-state index in [2.05, 4.69) is 15.5 Å². The Hall–Kier alpha value is -3.00. The second-order valence-corrected chi connectivity index (χ2v) is 8.30. The number of benzene rings is 2. The Labute approximate surface area is 185 Å². The molecule has 160 valence electrons. The lowest BCUT2D eigenvalue weighted by molar-refractivity contribution is 0.0342. The van der Waals surface area contributed by atoms with E-state index in [9.17, 15) is 9.59 Å². The standard InChI is InChI=1S/C24H25N3O3S/c28-23(26-21-5-2-1-4-20(21)17-27-11-13-30-14-12-27)19-9-7-18(8-10-19)16-25-24(29)22-6-3-15-31-22/h1-10,15H,11-14,16-17H2,(H,25,29)(H,26,28). The molecule has 1 aliphatic rings. The Balaban J connectivity index is 1.35. The normalized spacial score (nSPS) is 14.2. The highest BCUT2D eigenvalue weighted by atomic mass is 32.1. The first-order valence-corrected chi connectivity index (χ1v) is 11.2. The van der Waals surface area contributed by atoms with E-state index in [1.54, 1.807) is 18.2 Å². The average molecular weight is 436 g/mol. The highest BCUT2D eigenvalue weighted by Crippen LogP contribution is 2.19. The zero-order chi connectivity index (χ0) is 21.5. The van der Waals surface area contributed by atoms with Gasteiger partial charge in [0.15, 0.2) is 0 Å². The van der Waals surface area contributed by atoms with Crippen molar-refractivity contribution in [2.45, 2.75) is 13.1 Å². The summed E-state index contributed by atoms with van der Waals surface area (Å²) in [6, 6.07) is 18.8. The third kappa shape index (κ3) is 5.79. The maximum absolute atomic E-state index is 12.8. The number of rotatable bonds is 7. The molecule has 0 unspecified atom stereocenters. The molecule has 0 bridgehead atoms. The number of morpholine rings is 1. The number of hydrogen-bond donors (Lipinski definition) is 2. The molecular weight excluding hydrogens is 410 g/mol. The van der Waals surface area contributed by atoms with Crippen molar-refractivity contribution >= 4 is 28.8 Å². The fourth-order valence-electron chi connectivity index (χ4n) is 3.43. The van der Waals surface area contributed by atoms with Crippen LogP contribution in [0.5, 0.6) is 0 Å². The van der Waals surface area contributed by atoms with Gasteiger partial charge in [0.2, 0.25) is 0 Å². The Morgan fingerprint density at radius 1 is 0.935 bits per heavy atom. The van der Waals surface area contributed by atoms with Gasteiger partial charge in [-0.25, -0.2) is 0 Å². The summed E-state index contributed by atoms with van der Waals surface area (Å²) < 4.78 is 5.41. The average Bonchev–Trinajstić information content (AvgIpc) is 3.35. The molecule has 2 heterocycles. The van der Waals surface area contributed by atoms with Crippen LogP contribution < -0.4 is 10.6 Å². The van der Waals surface area contributed by atoms with Gasteiger partial charge in [0.05, 0.1) is 18.1 Å². The maximum Gasteiger partial charge on any atom is 0.261 e. The van der Waals surface area contributed by atoms with Gasteiger partial charge < -0.3 is 15.4 Å². The van der Waals surface area contributed by atoms with Gasteiger partial charge in [-0.2, -0.15) is 0 Å². The van der Waals surface area contributed by atoms with Crippen LogP contribution in [0, 0.1) is 0 Å². The number of para-hydroxylation sites is 1. The van der Waals surface area contributed by atoms with E-state index in [1.165, 1.54) is 11.3 Å². The van der Waals surface area contributed by atoms with Crippen LogP contribution in [0.3, 0.4) is 0 Å². The van der Waals surface area contributed by atoms with E-state index < -0.39 is 0 Å². The van der Waals surface area contributed by atoms with Gasteiger partial charge in [-0.3, -0.25) is 14.5 Å². The molecule has 3 aromatic rings. The van der Waals surface area contributed by atoms with Gasteiger partial charge in [-0.1, -0.05) is 36.4 Å². The minimum absolute atomic E-state index is 0.0892. The lowest BCUT2D eigenvalue weighted by Gasteiger charge is -2.27. The third-order valence-corrected chi connectivity index (χ3v) is 6.05. The van der Waals surface area contributed by atoms with Gasteiger partial charge in [-0.05, 0) is 40.8 Å². The summed E-state index contributed by atoms with van der Waals surface area (Å²) in [5.41, 5.74) is 3.43. The molecule has 1 saturated heterocycles. The number of nitrogens with zero attached hydrogens (tertiary/aromatic N) is 1. The lowest BCUT2D eigenvalue weighted by atomic mass is 10.1. The van der Waals surface area contributed by atoms with Crippen molar-refractivity contribution in [2.75, 3.05) is 31.6 Å². The number of amides is 2. The molecule has 6 nitrogen and oxygen atoms in total. The van der Waals surface area contributed by atoms with Crippen molar-refractivity contribution in [3.63, 3.8) is 0 Å². The van der Waals surface area contributed by atoms with E-state index in [-0.39, 0.29) is 11.8 Å². The highest BCUT2D eigenvalue weighted by molar-refractivity contribution is 7.12. The topological polar surface area (TPSA) is 70.7 Å². The molecule has 2 amide bonds. The summed E-state index contributed by atoms with van der Waals surface area (Å²) in [6.45, 7) is 4.48. The smallest absolute Gasteiger partial charge is 0.261 e. The minimum Gasteiger partial charge on any atom is -0.379 e. The minimum atomic E-state index is -0.149. The maximum atomic E-state index is 12.8. The SMILES string of the molecule is O=C(Nc1ccccc1CN1CCOCC1)c1ccc(CNC(=O)c2cccs2)cc1. The van der Waals surface area contributed by atoms with Crippen molar-refractivity contribution in [1.82, 2.24) is 10.2 Å². The quantitative estimate of drug-likeness (QED) is 0.593. The number of carbonyl (C=O) groups is 2. The highest BCUT2D eigenvalue weighted by Gasteiger charge is 2.14. The molecule has 0 saturated carbocycles. The van der Waals surface area contributed by atoms with Gasteiger partial charge in [0.25, 0.3) is 11.8 Å². The predicted octanol–water partition coefficient (Wildman–Crippen LogP) is 3.76. The van der Waals surface area contributed by atoms with Crippen LogP contribution in [-0.4, -0.2) is 43.0 Å². The van der Waals surface area contributed by atoms with E-state index >= 15 is 0 Å². The Morgan fingerprint density at radius 2 is 1.71 bits per heavy atom. The Morgan fingerprint density at radius 3 is 2.45 bits per heavy atom. The van der Waals surface area contributed by atoms with Crippen LogP contribution in [0.15, 0.2) is 66.0 Å². The summed E-state index contributed by atoms with van der Waals surface area (Å²) in [7, 11) is 0. The van der Waals surface area contributed by atoms with E-state index in [0.717, 1.165) is 49.7 Å². The molecule has 0 atom stereocenters. The summed E-state index contributed by atoms with van der Waals surface area (Å²) >= 11 is 1.41. The fraction of sp³-hybridized carbons (Fsp3) is 0.250. The molecule has 0 aliphatic carbocycles. The van der Waals surface area contributed by atoms with Gasteiger partial charge in [0, 0.05) is 37.4 Å². The number of anilines is 1. The van der Waals surface area contributed by atoms with E-state index in [4.69, 9.17) is 4.74 Å². The van der Waals surface area contributed by atoms with E-state index in [0.29, 0.717) is 17.0 Å². The first kappa shape index (κ1) is 21.2. The predicted molar refractivity (Wildman–Crippen MR) is 122 cm³/mol. The number of hydrogen-bond acceptors (Lipinski definition) is 5. The molecule has 1 aliphatic heterocycles. The monoisotopic (exact) mass is 435 g/mol. The summed E-state index contributed by atoms with van der Waals surface area (Å²) in [5.74, 6) is -0.239.